The summed E-state index contributed by atoms with van der Waals surface area (Å²) in [6.45, 7) is 1.74. The molecule has 0 aliphatic heterocycles. The van der Waals surface area contributed by atoms with Crippen LogP contribution in [0, 0.1) is 6.92 Å². The highest BCUT2D eigenvalue weighted by Gasteiger charge is 2.03. The lowest BCUT2D eigenvalue weighted by molar-refractivity contribution is 1.02. The van der Waals surface area contributed by atoms with Gasteiger partial charge in [0.1, 0.15) is 5.82 Å². The minimum absolute atomic E-state index is 0.148. The lowest BCUT2D eigenvalue weighted by Crippen LogP contribution is -2.11. The molecule has 15 heavy (non-hydrogen) atoms. The Hall–Kier alpha value is -1.61. The fraction of sp³-hybridized carbons (Fsp3) is 0.0909. The molecule has 0 amide bonds. The van der Waals surface area contributed by atoms with Gasteiger partial charge in [-0.3, -0.25) is 4.79 Å². The van der Waals surface area contributed by atoms with Crippen molar-refractivity contribution in [2.45, 2.75) is 6.92 Å². The third-order valence-corrected chi connectivity index (χ3v) is 2.30. The van der Waals surface area contributed by atoms with Gasteiger partial charge in [-0.15, -0.1) is 0 Å². The Morgan fingerprint density at radius 3 is 2.87 bits per heavy atom. The minimum atomic E-state index is -0.148. The van der Waals surface area contributed by atoms with Gasteiger partial charge in [-0.25, -0.2) is 4.98 Å². The maximum atomic E-state index is 11.6. The van der Waals surface area contributed by atoms with Gasteiger partial charge >= 0.3 is 0 Å². The molecule has 0 radical (unpaired) electrons. The maximum Gasteiger partial charge on any atom is 0.258 e. The Labute approximate surface area is 91.8 Å². The third kappa shape index (κ3) is 2.07. The van der Waals surface area contributed by atoms with E-state index in [9.17, 15) is 4.79 Å². The summed E-state index contributed by atoms with van der Waals surface area (Å²) in [6.07, 6.45) is 1.56. The van der Waals surface area contributed by atoms with Crippen molar-refractivity contribution in [2.24, 2.45) is 0 Å². The van der Waals surface area contributed by atoms with Gasteiger partial charge in [0, 0.05) is 11.2 Å². The first-order chi connectivity index (χ1) is 7.16. The standard InChI is InChI=1S/C11H9ClN2O/c1-7-13-6-10(11(15)14-7)8-3-2-4-9(12)5-8/h2-6H,1H3,(H,13,14,15). The summed E-state index contributed by atoms with van der Waals surface area (Å²) >= 11 is 5.85. The molecule has 0 saturated carbocycles. The van der Waals surface area contributed by atoms with Crippen LogP contribution in [0.2, 0.25) is 5.02 Å². The molecule has 0 saturated heterocycles. The van der Waals surface area contributed by atoms with Gasteiger partial charge in [0.25, 0.3) is 5.56 Å². The van der Waals surface area contributed by atoms with Crippen molar-refractivity contribution in [3.63, 3.8) is 0 Å². The molecule has 1 heterocycles. The SMILES string of the molecule is Cc1ncc(-c2cccc(Cl)c2)c(=O)[nH]1. The van der Waals surface area contributed by atoms with Gasteiger partial charge in [-0.05, 0) is 24.6 Å². The maximum absolute atomic E-state index is 11.6. The van der Waals surface area contributed by atoms with Crippen molar-refractivity contribution in [3.8, 4) is 11.1 Å². The zero-order chi connectivity index (χ0) is 10.8. The number of benzene rings is 1. The molecule has 3 nitrogen and oxygen atoms in total. The van der Waals surface area contributed by atoms with Crippen LogP contribution in [0.5, 0.6) is 0 Å². The van der Waals surface area contributed by atoms with Crippen LogP contribution in [0.15, 0.2) is 35.3 Å². The summed E-state index contributed by atoms with van der Waals surface area (Å²) in [5.41, 5.74) is 1.16. The average Bonchev–Trinajstić information content (AvgIpc) is 2.17. The summed E-state index contributed by atoms with van der Waals surface area (Å²) in [5, 5.41) is 0.604. The van der Waals surface area contributed by atoms with Crippen molar-refractivity contribution in [2.75, 3.05) is 0 Å². The van der Waals surface area contributed by atoms with Gasteiger partial charge < -0.3 is 4.98 Å². The van der Waals surface area contributed by atoms with Crippen molar-refractivity contribution < 1.29 is 0 Å². The number of rotatable bonds is 1. The number of aryl methyl sites for hydroxylation is 1. The summed E-state index contributed by atoms with van der Waals surface area (Å²) < 4.78 is 0. The van der Waals surface area contributed by atoms with Crippen LogP contribution in [0.4, 0.5) is 0 Å². The average molecular weight is 221 g/mol. The Balaban J connectivity index is 2.59. The normalized spacial score (nSPS) is 10.3. The van der Waals surface area contributed by atoms with Crippen molar-refractivity contribution in [1.29, 1.82) is 0 Å². The Bertz CT molecular complexity index is 548. The highest BCUT2D eigenvalue weighted by molar-refractivity contribution is 6.30. The van der Waals surface area contributed by atoms with Crippen molar-refractivity contribution >= 4 is 11.6 Å². The second kappa shape index (κ2) is 3.87. The van der Waals surface area contributed by atoms with Crippen LogP contribution in [0.25, 0.3) is 11.1 Å². The van der Waals surface area contributed by atoms with Gasteiger partial charge in [-0.2, -0.15) is 0 Å². The number of nitrogens with zero attached hydrogens (tertiary/aromatic N) is 1. The number of H-pyrrole nitrogens is 1. The van der Waals surface area contributed by atoms with E-state index in [1.54, 1.807) is 31.3 Å². The first-order valence-corrected chi connectivity index (χ1v) is 4.86. The summed E-state index contributed by atoms with van der Waals surface area (Å²) in [4.78, 5) is 18.3. The van der Waals surface area contributed by atoms with Crippen LogP contribution in [-0.4, -0.2) is 9.97 Å². The smallest absolute Gasteiger partial charge is 0.258 e. The first-order valence-electron chi connectivity index (χ1n) is 4.48. The van der Waals surface area contributed by atoms with E-state index in [0.717, 1.165) is 5.56 Å². The zero-order valence-corrected chi connectivity index (χ0v) is 8.88. The number of nitrogens with one attached hydrogen (secondary N) is 1. The minimum Gasteiger partial charge on any atom is -0.310 e. The molecule has 0 unspecified atom stereocenters. The molecule has 2 rings (SSSR count). The topological polar surface area (TPSA) is 45.8 Å². The Morgan fingerprint density at radius 2 is 2.20 bits per heavy atom. The van der Waals surface area contributed by atoms with Gasteiger partial charge in [0.15, 0.2) is 0 Å². The zero-order valence-electron chi connectivity index (χ0n) is 8.12. The quantitative estimate of drug-likeness (QED) is 0.802. The van der Waals surface area contributed by atoms with Crippen LogP contribution < -0.4 is 5.56 Å². The third-order valence-electron chi connectivity index (χ3n) is 2.06. The molecule has 1 aromatic heterocycles. The lowest BCUT2D eigenvalue weighted by Gasteiger charge is -2.00. The number of hydrogen-bond acceptors (Lipinski definition) is 2. The molecule has 1 N–H and O–H groups in total. The van der Waals surface area contributed by atoms with Crippen LogP contribution in [0.1, 0.15) is 5.82 Å². The molecule has 0 aliphatic rings. The van der Waals surface area contributed by atoms with E-state index in [4.69, 9.17) is 11.6 Å². The molecule has 0 bridgehead atoms. The molecule has 0 aliphatic carbocycles. The molecule has 2 aromatic rings. The van der Waals surface area contributed by atoms with Crippen LogP contribution >= 0.6 is 11.6 Å². The fourth-order valence-corrected chi connectivity index (χ4v) is 1.54. The first kappa shape index (κ1) is 9.93. The van der Waals surface area contributed by atoms with E-state index in [1.807, 2.05) is 6.07 Å². The summed E-state index contributed by atoms with van der Waals surface area (Å²) in [5.74, 6) is 0.603. The monoisotopic (exact) mass is 220 g/mol. The Kier molecular flexibility index (Phi) is 2.56. The second-order valence-corrected chi connectivity index (χ2v) is 3.66. The number of aromatic nitrogens is 2. The molecule has 0 fully saturated rings. The highest BCUT2D eigenvalue weighted by atomic mass is 35.5. The number of halogens is 1. The van der Waals surface area contributed by atoms with E-state index < -0.39 is 0 Å². The molecular weight excluding hydrogens is 212 g/mol. The van der Waals surface area contributed by atoms with Crippen molar-refractivity contribution in [1.82, 2.24) is 9.97 Å². The van der Waals surface area contributed by atoms with Crippen molar-refractivity contribution in [3.05, 3.63) is 51.7 Å². The largest absolute Gasteiger partial charge is 0.310 e. The molecule has 76 valence electrons. The van der Waals surface area contributed by atoms with Gasteiger partial charge in [0.2, 0.25) is 0 Å². The van der Waals surface area contributed by atoms with Crippen LogP contribution in [0.3, 0.4) is 0 Å². The molecular formula is C11H9ClN2O. The molecule has 0 atom stereocenters. The molecule has 4 heteroatoms. The molecule has 1 aromatic carbocycles. The lowest BCUT2D eigenvalue weighted by atomic mass is 10.1. The van der Waals surface area contributed by atoms with E-state index in [-0.39, 0.29) is 5.56 Å². The van der Waals surface area contributed by atoms with Gasteiger partial charge in [0.05, 0.1) is 5.56 Å². The highest BCUT2D eigenvalue weighted by Crippen LogP contribution is 2.18. The van der Waals surface area contributed by atoms with E-state index in [0.29, 0.717) is 16.4 Å². The number of hydrogen-bond donors (Lipinski definition) is 1. The molecule has 0 spiro atoms. The van der Waals surface area contributed by atoms with Crippen LogP contribution in [-0.2, 0) is 0 Å². The second-order valence-electron chi connectivity index (χ2n) is 3.22. The summed E-state index contributed by atoms with van der Waals surface area (Å²) in [6, 6.07) is 7.13. The van der Waals surface area contributed by atoms with E-state index in [1.165, 1.54) is 0 Å². The Morgan fingerprint density at radius 1 is 1.40 bits per heavy atom. The predicted molar refractivity (Wildman–Crippen MR) is 60.0 cm³/mol. The predicted octanol–water partition coefficient (Wildman–Crippen LogP) is 2.40. The summed E-state index contributed by atoms with van der Waals surface area (Å²) in [7, 11) is 0. The van der Waals surface area contributed by atoms with E-state index in [2.05, 4.69) is 9.97 Å². The fourth-order valence-electron chi connectivity index (χ4n) is 1.35. The van der Waals surface area contributed by atoms with Gasteiger partial charge in [-0.1, -0.05) is 23.7 Å². The number of aromatic amines is 1. The van der Waals surface area contributed by atoms with E-state index >= 15 is 0 Å².